The highest BCUT2D eigenvalue weighted by molar-refractivity contribution is 7.92. The summed E-state index contributed by atoms with van der Waals surface area (Å²) in [5.41, 5.74) is 1.25. The number of carbonyl (C=O) groups is 3. The van der Waals surface area contributed by atoms with Gasteiger partial charge in [-0.25, -0.2) is 13.2 Å². The summed E-state index contributed by atoms with van der Waals surface area (Å²) >= 11 is 0. The van der Waals surface area contributed by atoms with E-state index < -0.39 is 16.0 Å². The number of anilines is 1. The number of ether oxygens (including phenoxy) is 1. The van der Waals surface area contributed by atoms with Crippen molar-refractivity contribution in [2.75, 3.05) is 17.9 Å². The van der Waals surface area contributed by atoms with Gasteiger partial charge in [-0.3, -0.25) is 19.2 Å². The number of fused-ring (bicyclic) bond motifs is 1. The second-order valence-electron chi connectivity index (χ2n) is 7.65. The summed E-state index contributed by atoms with van der Waals surface area (Å²) in [7, 11) is -3.78. The van der Waals surface area contributed by atoms with Crippen LogP contribution in [0.4, 0.5) is 5.69 Å². The van der Waals surface area contributed by atoms with Crippen LogP contribution < -0.4 is 4.72 Å². The molecule has 1 aliphatic heterocycles. The number of imide groups is 1. The molecule has 0 unspecified atom stereocenters. The fourth-order valence-corrected chi connectivity index (χ4v) is 4.66. The van der Waals surface area contributed by atoms with E-state index in [9.17, 15) is 22.8 Å². The lowest BCUT2D eigenvalue weighted by Gasteiger charge is -2.13. The molecule has 0 spiro atoms. The van der Waals surface area contributed by atoms with Crippen molar-refractivity contribution in [2.24, 2.45) is 0 Å². The van der Waals surface area contributed by atoms with Crippen molar-refractivity contribution in [3.8, 4) is 0 Å². The van der Waals surface area contributed by atoms with Crippen molar-refractivity contribution >= 4 is 33.5 Å². The lowest BCUT2D eigenvalue weighted by molar-refractivity contribution is 0.0485. The van der Waals surface area contributed by atoms with Crippen LogP contribution in [-0.4, -0.2) is 44.3 Å². The topological polar surface area (TPSA) is 110 Å². The maximum atomic E-state index is 12.5. The summed E-state index contributed by atoms with van der Waals surface area (Å²) in [4.78, 5) is 38.4. The zero-order valence-corrected chi connectivity index (χ0v) is 19.0. The molecule has 1 heterocycles. The van der Waals surface area contributed by atoms with E-state index in [-0.39, 0.29) is 41.1 Å². The molecule has 34 heavy (non-hydrogen) atoms. The van der Waals surface area contributed by atoms with E-state index in [0.29, 0.717) is 24.0 Å². The molecule has 1 N–H and O–H groups in total. The van der Waals surface area contributed by atoms with E-state index in [2.05, 4.69) is 4.72 Å². The smallest absolute Gasteiger partial charge is 0.338 e. The van der Waals surface area contributed by atoms with Crippen LogP contribution in [0.1, 0.15) is 43.9 Å². The molecular formula is C25H22N2O6S. The average Bonchev–Trinajstić information content (AvgIpc) is 3.09. The Bertz CT molecular complexity index is 1300. The van der Waals surface area contributed by atoms with Gasteiger partial charge in [-0.15, -0.1) is 0 Å². The van der Waals surface area contributed by atoms with Gasteiger partial charge in [0.05, 0.1) is 28.2 Å². The van der Waals surface area contributed by atoms with Crippen LogP contribution in [0.3, 0.4) is 0 Å². The van der Waals surface area contributed by atoms with Gasteiger partial charge in [-0.1, -0.05) is 36.4 Å². The molecule has 2 amide bonds. The van der Waals surface area contributed by atoms with E-state index in [0.717, 1.165) is 0 Å². The molecule has 0 fully saturated rings. The van der Waals surface area contributed by atoms with Gasteiger partial charge >= 0.3 is 5.97 Å². The minimum absolute atomic E-state index is 0.0992. The summed E-state index contributed by atoms with van der Waals surface area (Å²) < 4.78 is 32.7. The van der Waals surface area contributed by atoms with Gasteiger partial charge in [0.2, 0.25) is 0 Å². The number of nitrogens with zero attached hydrogens (tertiary/aromatic N) is 1. The van der Waals surface area contributed by atoms with Gasteiger partial charge in [0.15, 0.2) is 0 Å². The highest BCUT2D eigenvalue weighted by Crippen LogP contribution is 2.23. The third kappa shape index (κ3) is 4.99. The van der Waals surface area contributed by atoms with Crippen LogP contribution in [0.5, 0.6) is 0 Å². The number of carbonyl (C=O) groups excluding carboxylic acids is 3. The number of unbranched alkanes of at least 4 members (excludes halogenated alkanes) is 1. The van der Waals surface area contributed by atoms with Crippen LogP contribution in [0.2, 0.25) is 0 Å². The third-order valence-corrected chi connectivity index (χ3v) is 6.69. The Morgan fingerprint density at radius 3 is 2.15 bits per heavy atom. The van der Waals surface area contributed by atoms with Gasteiger partial charge in [0.25, 0.3) is 21.8 Å². The van der Waals surface area contributed by atoms with Crippen molar-refractivity contribution < 1.29 is 27.5 Å². The fraction of sp³-hybridized carbons (Fsp3) is 0.160. The van der Waals surface area contributed by atoms with Crippen LogP contribution in [0, 0.1) is 0 Å². The Morgan fingerprint density at radius 1 is 0.824 bits per heavy atom. The summed E-state index contributed by atoms with van der Waals surface area (Å²) in [5.74, 6) is -1.22. The predicted molar refractivity (Wildman–Crippen MR) is 125 cm³/mol. The first kappa shape index (κ1) is 23.2. The Labute approximate surface area is 197 Å². The first-order valence-corrected chi connectivity index (χ1v) is 12.2. The molecule has 0 aliphatic carbocycles. The molecule has 3 aromatic carbocycles. The number of nitrogens with one attached hydrogen (secondary N) is 1. The van der Waals surface area contributed by atoms with Crippen LogP contribution in [0.25, 0.3) is 0 Å². The van der Waals surface area contributed by atoms with Crippen LogP contribution in [0.15, 0.2) is 83.8 Å². The Balaban J connectivity index is 1.27. The molecule has 0 aromatic heterocycles. The van der Waals surface area contributed by atoms with E-state index in [1.807, 2.05) is 0 Å². The maximum absolute atomic E-state index is 12.5. The second kappa shape index (κ2) is 9.88. The Morgan fingerprint density at radius 2 is 1.47 bits per heavy atom. The molecule has 174 valence electrons. The zero-order valence-electron chi connectivity index (χ0n) is 18.1. The van der Waals surface area contributed by atoms with E-state index in [1.54, 1.807) is 54.6 Å². The Hall–Kier alpha value is -3.98. The van der Waals surface area contributed by atoms with E-state index >= 15 is 0 Å². The number of esters is 1. The largest absolute Gasteiger partial charge is 0.462 e. The molecular weight excluding hydrogens is 456 g/mol. The van der Waals surface area contributed by atoms with Crippen molar-refractivity contribution in [3.05, 3.63) is 95.6 Å². The minimum atomic E-state index is -3.78. The van der Waals surface area contributed by atoms with Gasteiger partial charge in [0.1, 0.15) is 0 Å². The third-order valence-electron chi connectivity index (χ3n) is 5.29. The number of benzene rings is 3. The molecule has 0 atom stereocenters. The first-order chi connectivity index (χ1) is 16.4. The molecule has 0 saturated carbocycles. The number of sulfonamides is 1. The van der Waals surface area contributed by atoms with Crippen molar-refractivity contribution in [1.29, 1.82) is 0 Å². The van der Waals surface area contributed by atoms with Crippen molar-refractivity contribution in [3.63, 3.8) is 0 Å². The van der Waals surface area contributed by atoms with Gasteiger partial charge in [0, 0.05) is 12.2 Å². The number of rotatable bonds is 9. The first-order valence-electron chi connectivity index (χ1n) is 10.7. The highest BCUT2D eigenvalue weighted by Gasteiger charge is 2.34. The molecule has 8 nitrogen and oxygen atoms in total. The molecule has 9 heteroatoms. The van der Waals surface area contributed by atoms with E-state index in [1.165, 1.54) is 29.2 Å². The summed E-state index contributed by atoms with van der Waals surface area (Å²) in [6.45, 7) is 0.336. The van der Waals surface area contributed by atoms with Crippen molar-refractivity contribution in [2.45, 2.75) is 17.7 Å². The van der Waals surface area contributed by atoms with Gasteiger partial charge in [-0.05, 0) is 55.3 Å². The Kier molecular flexibility index (Phi) is 6.74. The molecule has 0 bridgehead atoms. The summed E-state index contributed by atoms with van der Waals surface area (Å²) in [6, 6.07) is 20.6. The highest BCUT2D eigenvalue weighted by atomic mass is 32.2. The predicted octanol–water partition coefficient (Wildman–Crippen LogP) is 3.72. The van der Waals surface area contributed by atoms with Gasteiger partial charge < -0.3 is 4.74 Å². The summed E-state index contributed by atoms with van der Waals surface area (Å²) in [5, 5.41) is 0. The fourth-order valence-electron chi connectivity index (χ4n) is 3.59. The number of hydrogen-bond acceptors (Lipinski definition) is 6. The van der Waals surface area contributed by atoms with E-state index in [4.69, 9.17) is 4.74 Å². The van der Waals surface area contributed by atoms with Gasteiger partial charge in [-0.2, -0.15) is 0 Å². The molecule has 0 radical (unpaired) electrons. The quantitative estimate of drug-likeness (QED) is 0.285. The number of amides is 2. The van der Waals surface area contributed by atoms with Crippen molar-refractivity contribution in [1.82, 2.24) is 4.90 Å². The average molecular weight is 479 g/mol. The minimum Gasteiger partial charge on any atom is -0.462 e. The number of hydrogen-bond donors (Lipinski definition) is 1. The SMILES string of the molecule is O=C(OCCCCN1C(=O)c2ccccc2C1=O)c1cccc(NS(=O)(=O)c2ccccc2)c1. The second-order valence-corrected chi connectivity index (χ2v) is 9.33. The normalized spacial score (nSPS) is 13.0. The van der Waals surface area contributed by atoms with Crippen LogP contribution in [-0.2, 0) is 14.8 Å². The standard InChI is InChI=1S/C25H22N2O6S/c28-23-21-13-4-5-14-22(21)24(29)27(23)15-6-7-16-33-25(30)18-9-8-10-19(17-18)26-34(31,32)20-11-2-1-3-12-20/h1-5,8-14,17,26H,6-7,15-16H2. The lowest BCUT2D eigenvalue weighted by Crippen LogP contribution is -2.30. The molecule has 3 aromatic rings. The van der Waals surface area contributed by atoms with Crippen LogP contribution >= 0.6 is 0 Å². The molecule has 1 aliphatic rings. The molecule has 4 rings (SSSR count). The summed E-state index contributed by atoms with van der Waals surface area (Å²) in [6.07, 6.45) is 0.940. The lowest BCUT2D eigenvalue weighted by atomic mass is 10.1. The maximum Gasteiger partial charge on any atom is 0.338 e. The molecule has 0 saturated heterocycles. The zero-order chi connectivity index (χ0) is 24.1. The monoisotopic (exact) mass is 478 g/mol.